The molecule has 0 saturated heterocycles. The molecule has 0 unspecified atom stereocenters. The van der Waals surface area contributed by atoms with Crippen LogP contribution in [-0.4, -0.2) is 51.4 Å². The van der Waals surface area contributed by atoms with Crippen LogP contribution in [0.5, 0.6) is 0 Å². The summed E-state index contributed by atoms with van der Waals surface area (Å²) in [5.74, 6) is 0. The van der Waals surface area contributed by atoms with Gasteiger partial charge < -0.3 is 0 Å². The van der Waals surface area contributed by atoms with E-state index in [1.54, 1.807) is 0 Å². The molecule has 0 aliphatic carbocycles. The Hall–Kier alpha value is 1.64. The molecule has 0 fully saturated rings. The zero-order chi connectivity index (χ0) is 7.66. The van der Waals surface area contributed by atoms with Gasteiger partial charge >= 0.3 is 51.4 Å². The first-order valence-electron chi connectivity index (χ1n) is 4.91. The molecule has 0 aliphatic heterocycles. The minimum absolute atomic E-state index is 0. The van der Waals surface area contributed by atoms with E-state index in [1.165, 1.54) is 51.4 Å². The zero-order valence-electron chi connectivity index (χ0n) is 7.66. The quantitative estimate of drug-likeness (QED) is 0.417. The summed E-state index contributed by atoms with van der Waals surface area (Å²) in [5.41, 5.74) is 0. The van der Waals surface area contributed by atoms with Crippen LogP contribution < -0.4 is 0 Å². The molecule has 0 radical (unpaired) electrons. The summed E-state index contributed by atoms with van der Waals surface area (Å²) >= 11 is 0. The molecule has 11 heavy (non-hydrogen) atoms. The third kappa shape index (κ3) is 14.5. The van der Waals surface area contributed by atoms with Crippen LogP contribution in [0.2, 0.25) is 0 Å². The molecule has 0 spiro atoms. The zero-order valence-corrected chi connectivity index (χ0v) is 7.66. The Bertz CT molecular complexity index is 44.8. The summed E-state index contributed by atoms with van der Waals surface area (Å²) in [5, 5.41) is 0. The van der Waals surface area contributed by atoms with E-state index in [1.807, 2.05) is 0 Å². The Kier molecular flexibility index (Phi) is 19.5. The molecule has 0 bridgehead atoms. The van der Waals surface area contributed by atoms with Crippen LogP contribution in [0.15, 0.2) is 0 Å². The third-order valence-corrected chi connectivity index (χ3v) is 1.96. The van der Waals surface area contributed by atoms with E-state index in [0.717, 1.165) is 0 Å². The molecule has 0 aromatic heterocycles. The molecule has 0 rings (SSSR count). The van der Waals surface area contributed by atoms with Gasteiger partial charge in [0.1, 0.15) is 0 Å². The van der Waals surface area contributed by atoms with E-state index in [-0.39, 0.29) is 51.4 Å². The summed E-state index contributed by atoms with van der Waals surface area (Å²) < 4.78 is 0. The van der Waals surface area contributed by atoms with Crippen LogP contribution in [-0.2, 0) is 0 Å². The summed E-state index contributed by atoms with van der Waals surface area (Å²) in [6.45, 7) is 4.54. The fourth-order valence-electron chi connectivity index (χ4n) is 1.21. The summed E-state index contributed by atoms with van der Waals surface area (Å²) in [4.78, 5) is 0. The summed E-state index contributed by atoms with van der Waals surface area (Å²) in [6, 6.07) is 0. The van der Waals surface area contributed by atoms with Crippen LogP contribution in [0.25, 0.3) is 0 Å². The van der Waals surface area contributed by atoms with E-state index in [2.05, 4.69) is 13.8 Å². The first-order chi connectivity index (χ1) is 4.91. The van der Waals surface area contributed by atoms with Gasteiger partial charge in [-0.25, -0.2) is 0 Å². The summed E-state index contributed by atoms with van der Waals surface area (Å²) in [7, 11) is 0. The van der Waals surface area contributed by atoms with Crippen molar-refractivity contribution in [2.45, 2.75) is 65.2 Å². The van der Waals surface area contributed by atoms with Crippen LogP contribution >= 0.6 is 0 Å². The van der Waals surface area contributed by atoms with Gasteiger partial charge in [-0.2, -0.15) is 0 Å². The Morgan fingerprint density at radius 1 is 0.545 bits per heavy atom. The molecule has 0 amide bonds. The second-order valence-electron chi connectivity index (χ2n) is 3.12. The second kappa shape index (κ2) is 14.2. The van der Waals surface area contributed by atoms with Crippen molar-refractivity contribution in [2.75, 3.05) is 0 Å². The standard InChI is InChI=1S/C10H22.K.H/c1-3-5-7-9-10-8-6-4-2;;/h3-10H2,1-2H3;;. The van der Waals surface area contributed by atoms with Gasteiger partial charge in [-0.1, -0.05) is 65.2 Å². The van der Waals surface area contributed by atoms with Crippen molar-refractivity contribution in [3.05, 3.63) is 0 Å². The van der Waals surface area contributed by atoms with E-state index in [9.17, 15) is 0 Å². The molecular weight excluding hydrogens is 159 g/mol. The van der Waals surface area contributed by atoms with Gasteiger partial charge in [0.2, 0.25) is 0 Å². The van der Waals surface area contributed by atoms with Gasteiger partial charge in [0, 0.05) is 0 Å². The molecule has 0 aromatic carbocycles. The molecule has 0 heterocycles. The number of hydrogen-bond acceptors (Lipinski definition) is 0. The molecule has 0 aromatic rings. The van der Waals surface area contributed by atoms with Gasteiger partial charge in [0.05, 0.1) is 0 Å². The average molecular weight is 182 g/mol. The van der Waals surface area contributed by atoms with Crippen LogP contribution in [0.1, 0.15) is 65.2 Å². The average Bonchev–Trinajstić information content (AvgIpc) is 1.97. The molecule has 0 N–H and O–H groups in total. The normalized spacial score (nSPS) is 9.27. The molecular formula is C10H23K. The van der Waals surface area contributed by atoms with Gasteiger partial charge in [0.15, 0.2) is 0 Å². The van der Waals surface area contributed by atoms with E-state index < -0.39 is 0 Å². The van der Waals surface area contributed by atoms with Gasteiger partial charge in [-0.15, -0.1) is 0 Å². The van der Waals surface area contributed by atoms with E-state index in [4.69, 9.17) is 0 Å². The van der Waals surface area contributed by atoms with Crippen molar-refractivity contribution >= 4 is 51.4 Å². The predicted octanol–water partition coefficient (Wildman–Crippen LogP) is 3.50. The van der Waals surface area contributed by atoms with Gasteiger partial charge in [-0.05, 0) is 0 Å². The van der Waals surface area contributed by atoms with Crippen molar-refractivity contribution < 1.29 is 0 Å². The number of unbranched alkanes of at least 4 members (excludes halogenated alkanes) is 7. The van der Waals surface area contributed by atoms with Crippen molar-refractivity contribution in [3.63, 3.8) is 0 Å². The maximum absolute atomic E-state index is 2.27. The van der Waals surface area contributed by atoms with E-state index >= 15 is 0 Å². The first-order valence-corrected chi connectivity index (χ1v) is 4.91. The minimum atomic E-state index is 0. The Balaban J connectivity index is 0. The molecule has 0 atom stereocenters. The first kappa shape index (κ1) is 15.1. The van der Waals surface area contributed by atoms with Crippen LogP contribution in [0.3, 0.4) is 0 Å². The molecule has 0 nitrogen and oxygen atoms in total. The molecule has 0 saturated carbocycles. The van der Waals surface area contributed by atoms with Crippen molar-refractivity contribution in [2.24, 2.45) is 0 Å². The predicted molar refractivity (Wildman–Crippen MR) is 55.4 cm³/mol. The van der Waals surface area contributed by atoms with Crippen molar-refractivity contribution in [3.8, 4) is 0 Å². The monoisotopic (exact) mass is 182 g/mol. The van der Waals surface area contributed by atoms with Crippen LogP contribution in [0.4, 0.5) is 0 Å². The third-order valence-electron chi connectivity index (χ3n) is 1.96. The Morgan fingerprint density at radius 2 is 0.818 bits per heavy atom. The topological polar surface area (TPSA) is 0 Å². The Labute approximate surface area is 115 Å². The molecule has 1 heteroatoms. The van der Waals surface area contributed by atoms with Crippen molar-refractivity contribution in [1.82, 2.24) is 0 Å². The Morgan fingerprint density at radius 3 is 1.09 bits per heavy atom. The molecule has 0 aliphatic rings. The van der Waals surface area contributed by atoms with Crippen LogP contribution in [0, 0.1) is 0 Å². The molecule has 64 valence electrons. The maximum atomic E-state index is 2.27. The second-order valence-corrected chi connectivity index (χ2v) is 3.12. The number of rotatable bonds is 7. The van der Waals surface area contributed by atoms with E-state index in [0.29, 0.717) is 0 Å². The SMILES string of the molecule is CCCCCCCCCC.[KH]. The summed E-state index contributed by atoms with van der Waals surface area (Å²) in [6.07, 6.45) is 11.5. The fraction of sp³-hybridized carbons (Fsp3) is 1.00. The van der Waals surface area contributed by atoms with Gasteiger partial charge in [0.25, 0.3) is 0 Å². The van der Waals surface area contributed by atoms with Gasteiger partial charge in [-0.3, -0.25) is 0 Å². The fourth-order valence-corrected chi connectivity index (χ4v) is 1.21. The number of hydrogen-bond donors (Lipinski definition) is 0. The van der Waals surface area contributed by atoms with Crippen molar-refractivity contribution in [1.29, 1.82) is 0 Å².